The molecule has 0 heterocycles. The second kappa shape index (κ2) is 17.8. The summed E-state index contributed by atoms with van der Waals surface area (Å²) in [5, 5.41) is 10.2. The predicted octanol–water partition coefficient (Wildman–Crippen LogP) is 7.21. The zero-order valence-corrected chi connectivity index (χ0v) is 22.5. The predicted molar refractivity (Wildman–Crippen MR) is 144 cm³/mol. The molecule has 5 heteroatoms. The second-order valence-corrected chi connectivity index (χ2v) is 9.72. The van der Waals surface area contributed by atoms with Crippen LogP contribution in [-0.2, 0) is 15.9 Å². The molecule has 36 heavy (non-hydrogen) atoms. The van der Waals surface area contributed by atoms with Gasteiger partial charge in [0.15, 0.2) is 0 Å². The lowest BCUT2D eigenvalue weighted by atomic mass is 10.0. The van der Waals surface area contributed by atoms with E-state index >= 15 is 0 Å². The largest absolute Gasteiger partial charge is 0.550 e. The highest BCUT2D eigenvalue weighted by Gasteiger charge is 2.15. The molecule has 0 saturated heterocycles. The number of rotatable bonds is 19. The van der Waals surface area contributed by atoms with Gasteiger partial charge in [0.25, 0.3) is 6.16 Å². The standard InChI is InChI=1S/C31H46O5/c1-4-25(2)30(34-3)24-36-29-21-19-28(20-22-29)27-17-15-26(16-18-27)14-12-10-8-6-5-7-9-11-13-23-35-31(32)33/h15-22,25,30H,4-14,23-24H2,1-3H3,(H,32,33)/p-1. The van der Waals surface area contributed by atoms with Crippen molar-refractivity contribution in [2.75, 3.05) is 20.3 Å². The number of hydrogen-bond acceptors (Lipinski definition) is 5. The third kappa shape index (κ3) is 11.9. The Hall–Kier alpha value is -2.53. The van der Waals surface area contributed by atoms with Crippen LogP contribution in [0.3, 0.4) is 0 Å². The van der Waals surface area contributed by atoms with Crippen LogP contribution >= 0.6 is 0 Å². The van der Waals surface area contributed by atoms with Crippen LogP contribution in [0.4, 0.5) is 4.79 Å². The van der Waals surface area contributed by atoms with Gasteiger partial charge in [-0.2, -0.15) is 0 Å². The highest BCUT2D eigenvalue weighted by Crippen LogP contribution is 2.24. The molecule has 2 unspecified atom stereocenters. The number of methoxy groups -OCH3 is 1. The molecule has 0 N–H and O–H groups in total. The lowest BCUT2D eigenvalue weighted by Gasteiger charge is -2.21. The fourth-order valence-electron chi connectivity index (χ4n) is 4.34. The van der Waals surface area contributed by atoms with Crippen molar-refractivity contribution in [3.8, 4) is 16.9 Å². The molecule has 0 bridgehead atoms. The number of carboxylic acid groups (broad SMARTS) is 1. The van der Waals surface area contributed by atoms with E-state index in [-0.39, 0.29) is 12.7 Å². The number of benzene rings is 2. The van der Waals surface area contributed by atoms with E-state index in [0.29, 0.717) is 12.5 Å². The third-order valence-corrected chi connectivity index (χ3v) is 6.97. The fraction of sp³-hybridized carbons (Fsp3) is 0.581. The molecule has 0 fully saturated rings. The number of carbonyl (C=O) groups excluding carboxylic acids is 1. The van der Waals surface area contributed by atoms with Crippen LogP contribution in [0.15, 0.2) is 48.5 Å². The molecule has 0 aliphatic heterocycles. The van der Waals surface area contributed by atoms with Gasteiger partial charge < -0.3 is 24.1 Å². The van der Waals surface area contributed by atoms with Crippen molar-refractivity contribution in [1.82, 2.24) is 0 Å². The molecule has 0 aromatic heterocycles. The Morgan fingerprint density at radius 1 is 0.806 bits per heavy atom. The molecule has 0 amide bonds. The average molecular weight is 498 g/mol. The lowest BCUT2D eigenvalue weighted by molar-refractivity contribution is -0.282. The molecule has 2 rings (SSSR count). The van der Waals surface area contributed by atoms with Crippen molar-refractivity contribution in [2.24, 2.45) is 5.92 Å². The first-order valence-electron chi connectivity index (χ1n) is 13.7. The van der Waals surface area contributed by atoms with Crippen LogP contribution in [0.1, 0.15) is 83.6 Å². The summed E-state index contributed by atoms with van der Waals surface area (Å²) in [6.07, 6.45) is 11.4. The highest BCUT2D eigenvalue weighted by molar-refractivity contribution is 5.64. The summed E-state index contributed by atoms with van der Waals surface area (Å²) in [7, 11) is 1.75. The summed E-state index contributed by atoms with van der Waals surface area (Å²) < 4.78 is 15.9. The molecule has 2 aromatic carbocycles. The number of carbonyl (C=O) groups is 1. The normalized spacial score (nSPS) is 12.8. The summed E-state index contributed by atoms with van der Waals surface area (Å²) in [5.74, 6) is 1.35. The SMILES string of the molecule is CCC(C)C(COc1ccc(-c2ccc(CCCCCCCCCCCOC(=O)[O-])cc2)cc1)OC. The van der Waals surface area contributed by atoms with Crippen LogP contribution in [-0.4, -0.2) is 32.6 Å². The van der Waals surface area contributed by atoms with Crippen molar-refractivity contribution >= 4 is 6.16 Å². The van der Waals surface area contributed by atoms with Gasteiger partial charge in [-0.25, -0.2) is 0 Å². The van der Waals surface area contributed by atoms with Gasteiger partial charge in [-0.05, 0) is 54.0 Å². The molecule has 2 atom stereocenters. The Kier molecular flexibility index (Phi) is 14.7. The number of unbranched alkanes of at least 4 members (excludes halogenated alkanes) is 8. The van der Waals surface area contributed by atoms with E-state index in [0.717, 1.165) is 37.9 Å². The number of aryl methyl sites for hydroxylation is 1. The molecule has 200 valence electrons. The summed E-state index contributed by atoms with van der Waals surface area (Å²) in [5.41, 5.74) is 3.82. The molecule has 0 aliphatic rings. The van der Waals surface area contributed by atoms with Gasteiger partial charge in [0.1, 0.15) is 12.4 Å². The van der Waals surface area contributed by atoms with E-state index in [1.807, 2.05) is 12.1 Å². The van der Waals surface area contributed by atoms with E-state index in [9.17, 15) is 9.90 Å². The molecule has 2 aromatic rings. The Morgan fingerprint density at radius 2 is 1.33 bits per heavy atom. The minimum absolute atomic E-state index is 0.115. The van der Waals surface area contributed by atoms with Crippen LogP contribution in [0.2, 0.25) is 0 Å². The van der Waals surface area contributed by atoms with Crippen molar-refractivity contribution in [3.63, 3.8) is 0 Å². The minimum atomic E-state index is -1.42. The summed E-state index contributed by atoms with van der Waals surface area (Å²) in [4.78, 5) is 10.2. The van der Waals surface area contributed by atoms with Crippen LogP contribution in [0.25, 0.3) is 11.1 Å². The molecule has 0 radical (unpaired) electrons. The summed E-state index contributed by atoms with van der Waals surface area (Å²) >= 11 is 0. The van der Waals surface area contributed by atoms with Crippen molar-refractivity contribution in [3.05, 3.63) is 54.1 Å². The van der Waals surface area contributed by atoms with Crippen molar-refractivity contribution in [1.29, 1.82) is 0 Å². The lowest BCUT2D eigenvalue weighted by Crippen LogP contribution is -2.27. The maximum atomic E-state index is 10.2. The minimum Gasteiger partial charge on any atom is -0.550 e. The van der Waals surface area contributed by atoms with Crippen molar-refractivity contribution < 1.29 is 24.1 Å². The molecule has 0 aliphatic carbocycles. The number of hydrogen-bond donors (Lipinski definition) is 0. The molecule has 0 saturated carbocycles. The van der Waals surface area contributed by atoms with E-state index in [2.05, 4.69) is 55.0 Å². The van der Waals surface area contributed by atoms with E-state index in [4.69, 9.17) is 9.47 Å². The molecule has 5 nitrogen and oxygen atoms in total. The van der Waals surface area contributed by atoms with Gasteiger partial charge in [-0.1, -0.05) is 102 Å². The van der Waals surface area contributed by atoms with Crippen molar-refractivity contribution in [2.45, 2.75) is 90.6 Å². The molecule has 0 spiro atoms. The van der Waals surface area contributed by atoms with E-state index < -0.39 is 6.16 Å². The Bertz CT molecular complexity index is 831. The third-order valence-electron chi connectivity index (χ3n) is 6.97. The first kappa shape index (κ1) is 29.7. The van der Waals surface area contributed by atoms with Gasteiger partial charge in [-0.3, -0.25) is 0 Å². The smallest absolute Gasteiger partial charge is 0.251 e. The zero-order chi connectivity index (χ0) is 26.0. The maximum Gasteiger partial charge on any atom is 0.251 e. The molecular weight excluding hydrogens is 452 g/mol. The number of ether oxygens (including phenoxy) is 3. The molecular formula is C31H45O5-. The maximum absolute atomic E-state index is 10.2. The van der Waals surface area contributed by atoms with Gasteiger partial charge in [0.2, 0.25) is 0 Å². The first-order chi connectivity index (χ1) is 17.5. The van der Waals surface area contributed by atoms with Gasteiger partial charge in [0.05, 0.1) is 6.10 Å². The van der Waals surface area contributed by atoms with Gasteiger partial charge in [0, 0.05) is 13.7 Å². The van der Waals surface area contributed by atoms with Crippen LogP contribution < -0.4 is 9.84 Å². The highest BCUT2D eigenvalue weighted by atomic mass is 16.7. The topological polar surface area (TPSA) is 67.8 Å². The summed E-state index contributed by atoms with van der Waals surface area (Å²) in [6.45, 7) is 5.20. The summed E-state index contributed by atoms with van der Waals surface area (Å²) in [6, 6.07) is 17.3. The van der Waals surface area contributed by atoms with Gasteiger partial charge in [-0.15, -0.1) is 0 Å². The zero-order valence-electron chi connectivity index (χ0n) is 22.5. The van der Waals surface area contributed by atoms with E-state index in [1.54, 1.807) is 7.11 Å². The second-order valence-electron chi connectivity index (χ2n) is 9.72. The Morgan fingerprint density at radius 3 is 1.86 bits per heavy atom. The Labute approximate surface area is 218 Å². The quantitative estimate of drug-likeness (QED) is 0.152. The van der Waals surface area contributed by atoms with Gasteiger partial charge >= 0.3 is 0 Å². The van der Waals surface area contributed by atoms with Crippen LogP contribution in [0.5, 0.6) is 5.75 Å². The van der Waals surface area contributed by atoms with E-state index in [1.165, 1.54) is 55.2 Å². The first-order valence-corrected chi connectivity index (χ1v) is 13.7. The monoisotopic (exact) mass is 497 g/mol. The fourth-order valence-corrected chi connectivity index (χ4v) is 4.34. The van der Waals surface area contributed by atoms with Crippen LogP contribution in [0, 0.1) is 5.92 Å². The average Bonchev–Trinajstić information content (AvgIpc) is 2.90. The Balaban J connectivity index is 1.59.